The zero-order valence-electron chi connectivity index (χ0n) is 13.2. The van der Waals surface area contributed by atoms with Crippen LogP contribution in [0.2, 0.25) is 0 Å². The molecule has 1 saturated heterocycles. The van der Waals surface area contributed by atoms with Crippen molar-refractivity contribution in [2.45, 2.75) is 12.8 Å². The predicted octanol–water partition coefficient (Wildman–Crippen LogP) is -0.334. The maximum absolute atomic E-state index is 5.80. The fraction of sp³-hybridized carbons (Fsp3) is 0.929. The van der Waals surface area contributed by atoms with Crippen LogP contribution in [0.25, 0.3) is 0 Å². The topological polar surface area (TPSA) is 81.3 Å². The predicted molar refractivity (Wildman–Crippen MR) is 83.7 cm³/mol. The minimum absolute atomic E-state index is 0.522. The van der Waals surface area contributed by atoms with E-state index in [9.17, 15) is 0 Å². The van der Waals surface area contributed by atoms with Crippen molar-refractivity contribution in [2.75, 3.05) is 72.9 Å². The van der Waals surface area contributed by atoms with Crippen molar-refractivity contribution < 1.29 is 14.2 Å². The summed E-state index contributed by atoms with van der Waals surface area (Å²) in [6.07, 6.45) is 1.94. The van der Waals surface area contributed by atoms with Gasteiger partial charge in [-0.2, -0.15) is 0 Å². The number of guanidine groups is 1. The molecule has 0 saturated carbocycles. The molecule has 124 valence electrons. The van der Waals surface area contributed by atoms with Crippen LogP contribution in [-0.2, 0) is 14.2 Å². The first-order valence-corrected chi connectivity index (χ1v) is 7.73. The lowest BCUT2D eigenvalue weighted by Gasteiger charge is -2.26. The first-order valence-electron chi connectivity index (χ1n) is 7.73. The zero-order valence-corrected chi connectivity index (χ0v) is 13.2. The summed E-state index contributed by atoms with van der Waals surface area (Å²) in [6, 6.07) is 0. The lowest BCUT2D eigenvalue weighted by atomic mass is 10.3. The molecule has 0 atom stereocenters. The number of aliphatic imine (C=N–C) groups is 1. The average molecular weight is 302 g/mol. The van der Waals surface area contributed by atoms with Crippen molar-refractivity contribution in [3.63, 3.8) is 0 Å². The number of methoxy groups -OCH3 is 1. The molecule has 7 heteroatoms. The van der Waals surface area contributed by atoms with E-state index >= 15 is 0 Å². The quantitative estimate of drug-likeness (QED) is 0.309. The SMILES string of the molecule is COCCOCCCN=C(N)NCCCN1CCOCC1. The summed E-state index contributed by atoms with van der Waals surface area (Å²) in [4.78, 5) is 6.68. The van der Waals surface area contributed by atoms with Crippen molar-refractivity contribution in [3.05, 3.63) is 0 Å². The maximum Gasteiger partial charge on any atom is 0.188 e. The first kappa shape index (κ1) is 18.2. The normalized spacial score (nSPS) is 17.1. The molecule has 0 radical (unpaired) electrons. The number of nitrogens with zero attached hydrogens (tertiary/aromatic N) is 2. The second-order valence-electron chi connectivity index (χ2n) is 4.96. The van der Waals surface area contributed by atoms with E-state index in [0.29, 0.717) is 32.3 Å². The number of morpholine rings is 1. The molecule has 1 rings (SSSR count). The van der Waals surface area contributed by atoms with E-state index in [4.69, 9.17) is 19.9 Å². The van der Waals surface area contributed by atoms with Crippen molar-refractivity contribution >= 4 is 5.96 Å². The summed E-state index contributed by atoms with van der Waals surface area (Å²) in [5.41, 5.74) is 5.80. The summed E-state index contributed by atoms with van der Waals surface area (Å²) >= 11 is 0. The third-order valence-electron chi connectivity index (χ3n) is 3.22. The number of nitrogens with one attached hydrogen (secondary N) is 1. The highest BCUT2D eigenvalue weighted by Gasteiger charge is 2.08. The average Bonchev–Trinajstić information content (AvgIpc) is 2.52. The Labute approximate surface area is 127 Å². The van der Waals surface area contributed by atoms with Gasteiger partial charge in [0.2, 0.25) is 0 Å². The lowest BCUT2D eigenvalue weighted by molar-refractivity contribution is 0.0376. The van der Waals surface area contributed by atoms with Crippen molar-refractivity contribution in [2.24, 2.45) is 10.7 Å². The Morgan fingerprint density at radius 1 is 1.24 bits per heavy atom. The van der Waals surface area contributed by atoms with Gasteiger partial charge in [0.05, 0.1) is 26.4 Å². The van der Waals surface area contributed by atoms with Crippen LogP contribution in [0.4, 0.5) is 0 Å². The van der Waals surface area contributed by atoms with Gasteiger partial charge in [-0.1, -0.05) is 0 Å². The monoisotopic (exact) mass is 302 g/mol. The molecule has 7 nitrogen and oxygen atoms in total. The highest BCUT2D eigenvalue weighted by Crippen LogP contribution is 1.97. The van der Waals surface area contributed by atoms with Crippen LogP contribution in [0.5, 0.6) is 0 Å². The van der Waals surface area contributed by atoms with Crippen LogP contribution in [0.15, 0.2) is 4.99 Å². The molecular weight excluding hydrogens is 272 g/mol. The standard InChI is InChI=1S/C14H30N4O3/c1-19-12-13-20-9-3-5-17-14(15)16-4-2-6-18-7-10-21-11-8-18/h2-13H2,1H3,(H3,15,16,17). The molecular formula is C14H30N4O3. The van der Waals surface area contributed by atoms with Gasteiger partial charge in [-0.25, -0.2) is 0 Å². The second kappa shape index (κ2) is 12.8. The molecule has 0 aromatic carbocycles. The van der Waals surface area contributed by atoms with Gasteiger partial charge in [-0.3, -0.25) is 9.89 Å². The summed E-state index contributed by atoms with van der Waals surface area (Å²) in [7, 11) is 1.67. The molecule has 0 aromatic heterocycles. The van der Waals surface area contributed by atoms with Crippen LogP contribution in [0, 0.1) is 0 Å². The third-order valence-corrected chi connectivity index (χ3v) is 3.22. The van der Waals surface area contributed by atoms with E-state index in [-0.39, 0.29) is 0 Å². The Bertz CT molecular complexity index is 271. The Morgan fingerprint density at radius 2 is 2.05 bits per heavy atom. The highest BCUT2D eigenvalue weighted by atomic mass is 16.5. The summed E-state index contributed by atoms with van der Waals surface area (Å²) in [5, 5.41) is 3.14. The van der Waals surface area contributed by atoms with Gasteiger partial charge in [0, 0.05) is 39.9 Å². The Morgan fingerprint density at radius 3 is 2.81 bits per heavy atom. The lowest BCUT2D eigenvalue weighted by Crippen LogP contribution is -2.39. The Kier molecular flexibility index (Phi) is 11.1. The molecule has 0 spiro atoms. The largest absolute Gasteiger partial charge is 0.382 e. The van der Waals surface area contributed by atoms with Gasteiger partial charge in [0.1, 0.15) is 0 Å². The molecule has 1 heterocycles. The van der Waals surface area contributed by atoms with E-state index in [2.05, 4.69) is 15.2 Å². The highest BCUT2D eigenvalue weighted by molar-refractivity contribution is 5.77. The summed E-state index contributed by atoms with van der Waals surface area (Å²) in [6.45, 7) is 8.36. The van der Waals surface area contributed by atoms with Crippen LogP contribution in [0.3, 0.4) is 0 Å². The molecule has 1 aliphatic heterocycles. The van der Waals surface area contributed by atoms with E-state index < -0.39 is 0 Å². The van der Waals surface area contributed by atoms with Gasteiger partial charge in [-0.15, -0.1) is 0 Å². The van der Waals surface area contributed by atoms with Crippen molar-refractivity contribution in [3.8, 4) is 0 Å². The van der Waals surface area contributed by atoms with Gasteiger partial charge >= 0.3 is 0 Å². The minimum Gasteiger partial charge on any atom is -0.382 e. The molecule has 0 unspecified atom stereocenters. The molecule has 0 aromatic rings. The van der Waals surface area contributed by atoms with Crippen molar-refractivity contribution in [1.29, 1.82) is 0 Å². The maximum atomic E-state index is 5.80. The number of hydrogen-bond acceptors (Lipinski definition) is 5. The van der Waals surface area contributed by atoms with E-state index in [1.54, 1.807) is 7.11 Å². The number of hydrogen-bond donors (Lipinski definition) is 2. The van der Waals surface area contributed by atoms with Crippen LogP contribution < -0.4 is 11.1 Å². The molecule has 21 heavy (non-hydrogen) atoms. The fourth-order valence-corrected chi connectivity index (χ4v) is 2.01. The van der Waals surface area contributed by atoms with Crippen LogP contribution in [-0.4, -0.2) is 83.7 Å². The molecule has 0 amide bonds. The molecule has 0 bridgehead atoms. The van der Waals surface area contributed by atoms with E-state index in [0.717, 1.165) is 52.2 Å². The number of nitrogens with two attached hydrogens (primary N) is 1. The molecule has 1 aliphatic rings. The van der Waals surface area contributed by atoms with E-state index in [1.165, 1.54) is 0 Å². The van der Waals surface area contributed by atoms with Crippen molar-refractivity contribution in [1.82, 2.24) is 10.2 Å². The van der Waals surface area contributed by atoms with Crippen LogP contribution in [0.1, 0.15) is 12.8 Å². The minimum atomic E-state index is 0.522. The summed E-state index contributed by atoms with van der Waals surface area (Å²) in [5.74, 6) is 0.522. The second-order valence-corrected chi connectivity index (χ2v) is 4.96. The number of rotatable bonds is 11. The smallest absolute Gasteiger partial charge is 0.188 e. The van der Waals surface area contributed by atoms with E-state index in [1.807, 2.05) is 0 Å². The Hall–Kier alpha value is -0.890. The van der Waals surface area contributed by atoms with Crippen LogP contribution >= 0.6 is 0 Å². The third kappa shape index (κ3) is 10.5. The molecule has 0 aliphatic carbocycles. The van der Waals surface area contributed by atoms with Gasteiger partial charge in [0.15, 0.2) is 5.96 Å². The van der Waals surface area contributed by atoms with Gasteiger partial charge in [-0.05, 0) is 19.4 Å². The Balaban J connectivity index is 1.89. The molecule has 3 N–H and O–H groups in total. The molecule has 1 fully saturated rings. The van der Waals surface area contributed by atoms with Gasteiger partial charge < -0.3 is 25.3 Å². The zero-order chi connectivity index (χ0) is 15.2. The summed E-state index contributed by atoms with van der Waals surface area (Å²) < 4.78 is 15.6. The fourth-order valence-electron chi connectivity index (χ4n) is 2.01. The first-order chi connectivity index (χ1) is 10.3. The number of ether oxygens (including phenoxy) is 3. The van der Waals surface area contributed by atoms with Gasteiger partial charge in [0.25, 0.3) is 0 Å².